The van der Waals surface area contributed by atoms with Gasteiger partial charge in [0.2, 0.25) is 0 Å². The number of hydrogen-bond acceptors (Lipinski definition) is 3. The zero-order valence-corrected chi connectivity index (χ0v) is 12.4. The summed E-state index contributed by atoms with van der Waals surface area (Å²) in [5.74, 6) is 0.285. The van der Waals surface area contributed by atoms with Crippen molar-refractivity contribution in [3.8, 4) is 5.75 Å². The van der Waals surface area contributed by atoms with E-state index in [2.05, 4.69) is 9.97 Å². The normalized spacial score (nSPS) is 10.9. The van der Waals surface area contributed by atoms with Gasteiger partial charge in [0.15, 0.2) is 0 Å². The van der Waals surface area contributed by atoms with Crippen LogP contribution in [0.2, 0.25) is 5.02 Å². The molecule has 2 aromatic carbocycles. The molecule has 0 bridgehead atoms. The zero-order valence-electron chi connectivity index (χ0n) is 11.7. The van der Waals surface area contributed by atoms with E-state index in [0.29, 0.717) is 22.5 Å². The van der Waals surface area contributed by atoms with E-state index in [1.807, 2.05) is 19.1 Å². The lowest BCUT2D eigenvalue weighted by molar-refractivity contribution is 0.295. The molecule has 1 aromatic heterocycles. The fourth-order valence-corrected chi connectivity index (χ4v) is 2.31. The van der Waals surface area contributed by atoms with E-state index in [9.17, 15) is 9.18 Å². The van der Waals surface area contributed by atoms with Crippen molar-refractivity contribution in [1.29, 1.82) is 0 Å². The van der Waals surface area contributed by atoms with Crippen molar-refractivity contribution in [2.75, 3.05) is 0 Å². The largest absolute Gasteiger partial charge is 0.486 e. The number of nitrogens with one attached hydrogen (secondary N) is 1. The molecule has 0 unspecified atom stereocenters. The molecule has 0 radical (unpaired) electrons. The van der Waals surface area contributed by atoms with Gasteiger partial charge in [-0.15, -0.1) is 0 Å². The molecule has 3 aromatic rings. The molecule has 0 spiro atoms. The highest BCUT2D eigenvalue weighted by molar-refractivity contribution is 6.30. The summed E-state index contributed by atoms with van der Waals surface area (Å²) in [6.45, 7) is 1.95. The highest BCUT2D eigenvalue weighted by Gasteiger charge is 2.07. The molecule has 3 rings (SSSR count). The standard InChI is InChI=1S/C16H12ClFN2O2/c1-9-3-2-4-11-15(9)19-14(20-16(11)21)8-22-10-5-6-13(18)12(17)7-10/h2-7H,8H2,1H3,(H,19,20,21). The van der Waals surface area contributed by atoms with Gasteiger partial charge in [0.25, 0.3) is 5.56 Å². The molecule has 0 atom stereocenters. The van der Waals surface area contributed by atoms with Gasteiger partial charge in [0.1, 0.15) is 24.0 Å². The van der Waals surface area contributed by atoms with Gasteiger partial charge in [-0.3, -0.25) is 4.79 Å². The number of aryl methyl sites for hydroxylation is 1. The first-order valence-corrected chi connectivity index (χ1v) is 6.99. The van der Waals surface area contributed by atoms with Crippen LogP contribution in [-0.2, 0) is 6.61 Å². The molecule has 0 fully saturated rings. The smallest absolute Gasteiger partial charge is 0.258 e. The first kappa shape index (κ1) is 14.5. The number of benzene rings is 2. The lowest BCUT2D eigenvalue weighted by Gasteiger charge is -2.08. The van der Waals surface area contributed by atoms with Crippen molar-refractivity contribution in [2.45, 2.75) is 13.5 Å². The van der Waals surface area contributed by atoms with Crippen LogP contribution in [0.25, 0.3) is 10.9 Å². The summed E-state index contributed by atoms with van der Waals surface area (Å²) in [6, 6.07) is 9.48. The Morgan fingerprint density at radius 3 is 2.91 bits per heavy atom. The van der Waals surface area contributed by atoms with Crippen LogP contribution in [0.3, 0.4) is 0 Å². The maximum atomic E-state index is 13.1. The lowest BCUT2D eigenvalue weighted by atomic mass is 10.1. The van der Waals surface area contributed by atoms with Gasteiger partial charge in [-0.05, 0) is 30.7 Å². The van der Waals surface area contributed by atoms with Crippen molar-refractivity contribution in [2.24, 2.45) is 0 Å². The van der Waals surface area contributed by atoms with E-state index in [1.54, 1.807) is 6.07 Å². The van der Waals surface area contributed by atoms with Crippen LogP contribution in [0.5, 0.6) is 5.75 Å². The van der Waals surface area contributed by atoms with Gasteiger partial charge in [0.05, 0.1) is 15.9 Å². The van der Waals surface area contributed by atoms with Crippen molar-refractivity contribution < 1.29 is 9.13 Å². The third-order valence-electron chi connectivity index (χ3n) is 3.25. The van der Waals surface area contributed by atoms with Gasteiger partial charge in [-0.25, -0.2) is 9.37 Å². The predicted molar refractivity (Wildman–Crippen MR) is 82.8 cm³/mol. The minimum absolute atomic E-state index is 0.0201. The van der Waals surface area contributed by atoms with Crippen molar-refractivity contribution in [1.82, 2.24) is 9.97 Å². The summed E-state index contributed by atoms with van der Waals surface area (Å²) >= 11 is 5.69. The Morgan fingerprint density at radius 2 is 2.14 bits per heavy atom. The molecule has 0 amide bonds. The highest BCUT2D eigenvalue weighted by Crippen LogP contribution is 2.21. The Bertz CT molecular complexity index is 908. The van der Waals surface area contributed by atoms with Gasteiger partial charge < -0.3 is 9.72 Å². The zero-order chi connectivity index (χ0) is 15.7. The number of aromatic amines is 1. The number of nitrogens with zero attached hydrogens (tertiary/aromatic N) is 1. The number of halogens is 2. The van der Waals surface area contributed by atoms with E-state index in [-0.39, 0.29) is 17.2 Å². The average Bonchev–Trinajstić information content (AvgIpc) is 2.50. The Labute approximate surface area is 130 Å². The third-order valence-corrected chi connectivity index (χ3v) is 3.54. The van der Waals surface area contributed by atoms with Crippen LogP contribution in [-0.4, -0.2) is 9.97 Å². The maximum absolute atomic E-state index is 13.1. The number of rotatable bonds is 3. The number of aromatic nitrogens is 2. The first-order chi connectivity index (χ1) is 10.5. The Hall–Kier alpha value is -2.40. The van der Waals surface area contributed by atoms with E-state index >= 15 is 0 Å². The van der Waals surface area contributed by atoms with Gasteiger partial charge in [-0.1, -0.05) is 23.7 Å². The molecule has 0 aliphatic rings. The van der Waals surface area contributed by atoms with Crippen LogP contribution in [0, 0.1) is 12.7 Å². The van der Waals surface area contributed by atoms with Crippen molar-refractivity contribution in [3.05, 3.63) is 69.0 Å². The molecule has 6 heteroatoms. The molecular formula is C16H12ClFN2O2. The minimum atomic E-state index is -0.512. The summed E-state index contributed by atoms with van der Waals surface area (Å²) in [4.78, 5) is 19.1. The molecule has 0 saturated heterocycles. The minimum Gasteiger partial charge on any atom is -0.486 e. The number of para-hydroxylation sites is 1. The Balaban J connectivity index is 1.89. The Kier molecular flexibility index (Phi) is 3.81. The topological polar surface area (TPSA) is 55.0 Å². The maximum Gasteiger partial charge on any atom is 0.258 e. The van der Waals surface area contributed by atoms with E-state index < -0.39 is 5.82 Å². The van der Waals surface area contributed by atoms with Crippen LogP contribution in [0.15, 0.2) is 41.2 Å². The molecular weight excluding hydrogens is 307 g/mol. The van der Waals surface area contributed by atoms with E-state index in [0.717, 1.165) is 5.56 Å². The lowest BCUT2D eigenvalue weighted by Crippen LogP contribution is -2.14. The predicted octanol–water partition coefficient (Wildman–Crippen LogP) is 3.60. The summed E-state index contributed by atoms with van der Waals surface area (Å²) in [5.41, 5.74) is 1.33. The quantitative estimate of drug-likeness (QED) is 0.802. The number of H-pyrrole nitrogens is 1. The number of hydrogen-bond donors (Lipinski definition) is 1. The van der Waals surface area contributed by atoms with Gasteiger partial charge >= 0.3 is 0 Å². The number of ether oxygens (including phenoxy) is 1. The second kappa shape index (κ2) is 5.77. The van der Waals surface area contributed by atoms with Gasteiger partial charge in [0, 0.05) is 6.07 Å². The van der Waals surface area contributed by atoms with E-state index in [1.165, 1.54) is 18.2 Å². The summed E-state index contributed by atoms with van der Waals surface area (Å²) < 4.78 is 18.6. The second-order valence-electron chi connectivity index (χ2n) is 4.85. The first-order valence-electron chi connectivity index (χ1n) is 6.61. The SMILES string of the molecule is Cc1cccc2c(=O)[nH]c(COc3ccc(F)c(Cl)c3)nc12. The van der Waals surface area contributed by atoms with Crippen LogP contribution >= 0.6 is 11.6 Å². The van der Waals surface area contributed by atoms with Crippen LogP contribution < -0.4 is 10.3 Å². The molecule has 0 aliphatic carbocycles. The summed E-state index contributed by atoms with van der Waals surface area (Å²) in [7, 11) is 0. The van der Waals surface area contributed by atoms with Gasteiger partial charge in [-0.2, -0.15) is 0 Å². The molecule has 22 heavy (non-hydrogen) atoms. The van der Waals surface area contributed by atoms with E-state index in [4.69, 9.17) is 16.3 Å². The van der Waals surface area contributed by atoms with Crippen molar-refractivity contribution >= 4 is 22.5 Å². The molecule has 1 heterocycles. The van der Waals surface area contributed by atoms with Crippen molar-refractivity contribution in [3.63, 3.8) is 0 Å². The summed E-state index contributed by atoms with van der Waals surface area (Å²) in [5, 5.41) is 0.516. The average molecular weight is 319 g/mol. The molecule has 1 N–H and O–H groups in total. The highest BCUT2D eigenvalue weighted by atomic mass is 35.5. The Morgan fingerprint density at radius 1 is 1.32 bits per heavy atom. The molecule has 0 aliphatic heterocycles. The van der Waals surface area contributed by atoms with Crippen LogP contribution in [0.1, 0.15) is 11.4 Å². The third kappa shape index (κ3) is 2.80. The fourth-order valence-electron chi connectivity index (χ4n) is 2.14. The fraction of sp³-hybridized carbons (Fsp3) is 0.125. The van der Waals surface area contributed by atoms with Crippen LogP contribution in [0.4, 0.5) is 4.39 Å². The molecule has 112 valence electrons. The number of fused-ring (bicyclic) bond motifs is 1. The monoisotopic (exact) mass is 318 g/mol. The second-order valence-corrected chi connectivity index (χ2v) is 5.26. The molecule has 0 saturated carbocycles. The molecule has 4 nitrogen and oxygen atoms in total. The summed E-state index contributed by atoms with van der Waals surface area (Å²) in [6.07, 6.45) is 0.